The molecule has 0 aromatic carbocycles. The monoisotopic (exact) mass is 264 g/mol. The molecule has 0 nitrogen and oxygen atoms in total. The maximum absolute atomic E-state index is 2.35. The summed E-state index contributed by atoms with van der Waals surface area (Å²) >= 11 is 0. The molecule has 0 amide bonds. The molecule has 0 aromatic rings. The molecule has 6 fully saturated rings. The average Bonchev–Trinajstić information content (AvgIpc) is 2.03. The van der Waals surface area contributed by atoms with Crippen LogP contribution < -0.4 is 0 Å². The van der Waals surface area contributed by atoms with Gasteiger partial charge in [0, 0.05) is 0 Å². The molecule has 0 aromatic heterocycles. The van der Waals surface area contributed by atoms with Crippen molar-refractivity contribution in [1.82, 2.24) is 0 Å². The van der Waals surface area contributed by atoms with Gasteiger partial charge in [-0.1, -0.05) is 35.1 Å². The van der Waals surface area contributed by atoms with Gasteiger partial charge in [0.1, 0.15) is 0 Å². The fourth-order valence-corrected chi connectivity index (χ4v) is 5.10. The SMILES string of the molecule is C.CC(C)CC12CC(C1)C2.CC(C)CC1C2CC1C2. The zero-order valence-electron chi connectivity index (χ0n) is 12.9. The van der Waals surface area contributed by atoms with Crippen LogP contribution in [-0.4, -0.2) is 0 Å². The van der Waals surface area contributed by atoms with E-state index in [-0.39, 0.29) is 7.43 Å². The first-order valence-corrected chi connectivity index (χ1v) is 8.47. The molecule has 0 radical (unpaired) electrons. The van der Waals surface area contributed by atoms with Crippen LogP contribution in [0.4, 0.5) is 0 Å². The number of hydrogen-bond donors (Lipinski definition) is 0. The Morgan fingerprint density at radius 1 is 0.895 bits per heavy atom. The van der Waals surface area contributed by atoms with Crippen LogP contribution in [0.5, 0.6) is 0 Å². The van der Waals surface area contributed by atoms with Crippen LogP contribution in [0.2, 0.25) is 0 Å². The molecule has 0 saturated heterocycles. The molecule has 0 atom stereocenters. The molecule has 6 aliphatic carbocycles. The molecule has 0 spiro atoms. The topological polar surface area (TPSA) is 0 Å². The quantitative estimate of drug-likeness (QED) is 0.570. The van der Waals surface area contributed by atoms with E-state index in [1.165, 1.54) is 36.5 Å². The Morgan fingerprint density at radius 2 is 1.42 bits per heavy atom. The minimum Gasteiger partial charge on any atom is -0.0776 e. The van der Waals surface area contributed by atoms with E-state index in [4.69, 9.17) is 0 Å². The molecule has 112 valence electrons. The summed E-state index contributed by atoms with van der Waals surface area (Å²) in [5, 5.41) is 0. The van der Waals surface area contributed by atoms with Crippen LogP contribution in [0.15, 0.2) is 0 Å². The zero-order valence-corrected chi connectivity index (χ0v) is 12.9. The Labute approximate surface area is 121 Å². The van der Waals surface area contributed by atoms with Gasteiger partial charge in [0.25, 0.3) is 0 Å². The molecule has 0 aliphatic heterocycles. The van der Waals surface area contributed by atoms with Crippen molar-refractivity contribution in [3.8, 4) is 0 Å². The highest BCUT2D eigenvalue weighted by Gasteiger charge is 2.55. The van der Waals surface area contributed by atoms with Crippen LogP contribution in [0.1, 0.15) is 80.1 Å². The molecule has 0 heterocycles. The third kappa shape index (κ3) is 2.88. The molecule has 6 aliphatic rings. The lowest BCUT2D eigenvalue weighted by Gasteiger charge is -2.63. The predicted molar refractivity (Wildman–Crippen MR) is 85.1 cm³/mol. The molecule has 0 heteroatoms. The van der Waals surface area contributed by atoms with Gasteiger partial charge >= 0.3 is 0 Å². The Bertz CT molecular complexity index is 270. The number of rotatable bonds is 4. The van der Waals surface area contributed by atoms with Crippen molar-refractivity contribution in [3.63, 3.8) is 0 Å². The third-order valence-electron chi connectivity index (χ3n) is 6.17. The van der Waals surface area contributed by atoms with Crippen molar-refractivity contribution in [2.45, 2.75) is 80.1 Å². The van der Waals surface area contributed by atoms with Crippen LogP contribution in [0, 0.1) is 40.9 Å². The second-order valence-corrected chi connectivity index (χ2v) is 8.86. The van der Waals surface area contributed by atoms with Crippen LogP contribution in [0.25, 0.3) is 0 Å². The van der Waals surface area contributed by atoms with E-state index in [9.17, 15) is 0 Å². The molecular weight excluding hydrogens is 228 g/mol. The van der Waals surface area contributed by atoms with Gasteiger partial charge < -0.3 is 0 Å². The van der Waals surface area contributed by atoms with Crippen LogP contribution >= 0.6 is 0 Å². The Morgan fingerprint density at radius 3 is 1.53 bits per heavy atom. The maximum atomic E-state index is 2.35. The van der Waals surface area contributed by atoms with Gasteiger partial charge in [0.15, 0.2) is 0 Å². The minimum absolute atomic E-state index is 0. The molecule has 6 rings (SSSR count). The van der Waals surface area contributed by atoms with E-state index >= 15 is 0 Å². The number of hydrogen-bond acceptors (Lipinski definition) is 0. The summed E-state index contributed by atoms with van der Waals surface area (Å²) in [6, 6.07) is 0. The fourth-order valence-electron chi connectivity index (χ4n) is 5.10. The standard InChI is InChI=1S/2C9H16.CH4/c1-7(2)3-9-4-8(5-9)6-9;1-6(2)3-9-7-4-8(9)5-7;/h7-8H,3-6H2,1-2H3;6-9H,3-5H2,1-2H3;1H4. The van der Waals surface area contributed by atoms with Crippen molar-refractivity contribution in [2.24, 2.45) is 40.9 Å². The van der Waals surface area contributed by atoms with Gasteiger partial charge in [-0.3, -0.25) is 0 Å². The van der Waals surface area contributed by atoms with Crippen LogP contribution in [0.3, 0.4) is 0 Å². The zero-order chi connectivity index (χ0) is 12.9. The van der Waals surface area contributed by atoms with Crippen LogP contribution in [-0.2, 0) is 0 Å². The predicted octanol–water partition coefficient (Wildman–Crippen LogP) is 6.16. The van der Waals surface area contributed by atoms with E-state index in [0.717, 1.165) is 17.3 Å². The summed E-state index contributed by atoms with van der Waals surface area (Å²) in [4.78, 5) is 0. The fraction of sp³-hybridized carbons (Fsp3) is 1.00. The molecule has 6 saturated carbocycles. The normalized spacial score (nSPS) is 43.9. The molecule has 0 unspecified atom stereocenters. The molecule has 19 heavy (non-hydrogen) atoms. The summed E-state index contributed by atoms with van der Waals surface area (Å²) in [7, 11) is 0. The highest BCUT2D eigenvalue weighted by Crippen LogP contribution is 2.67. The Hall–Kier alpha value is 0. The van der Waals surface area contributed by atoms with Gasteiger partial charge in [0.2, 0.25) is 0 Å². The minimum atomic E-state index is 0. The van der Waals surface area contributed by atoms with Crippen molar-refractivity contribution < 1.29 is 0 Å². The summed E-state index contributed by atoms with van der Waals surface area (Å²) in [5.41, 5.74) is 0.888. The first kappa shape index (κ1) is 15.4. The van der Waals surface area contributed by atoms with E-state index in [1.807, 2.05) is 0 Å². The largest absolute Gasteiger partial charge is 0.0776 e. The van der Waals surface area contributed by atoms with E-state index in [1.54, 1.807) is 32.1 Å². The molecule has 4 bridgehead atoms. The summed E-state index contributed by atoms with van der Waals surface area (Å²) < 4.78 is 0. The third-order valence-corrected chi connectivity index (χ3v) is 6.17. The summed E-state index contributed by atoms with van der Waals surface area (Å²) in [6.07, 6.45) is 10.9. The van der Waals surface area contributed by atoms with E-state index < -0.39 is 0 Å². The highest BCUT2D eigenvalue weighted by atomic mass is 14.6. The van der Waals surface area contributed by atoms with Gasteiger partial charge in [-0.2, -0.15) is 0 Å². The van der Waals surface area contributed by atoms with Gasteiger partial charge in [0.05, 0.1) is 0 Å². The lowest BCUT2D eigenvalue weighted by molar-refractivity contribution is -0.119. The van der Waals surface area contributed by atoms with Gasteiger partial charge in [-0.05, 0) is 85.9 Å². The lowest BCUT2D eigenvalue weighted by atomic mass is 9.42. The second kappa shape index (κ2) is 5.41. The molecule has 0 N–H and O–H groups in total. The van der Waals surface area contributed by atoms with Crippen molar-refractivity contribution in [2.75, 3.05) is 0 Å². The van der Waals surface area contributed by atoms with Gasteiger partial charge in [-0.25, -0.2) is 0 Å². The van der Waals surface area contributed by atoms with Gasteiger partial charge in [-0.15, -0.1) is 0 Å². The van der Waals surface area contributed by atoms with Crippen molar-refractivity contribution in [3.05, 3.63) is 0 Å². The van der Waals surface area contributed by atoms with Crippen molar-refractivity contribution >= 4 is 0 Å². The van der Waals surface area contributed by atoms with Crippen molar-refractivity contribution in [1.29, 1.82) is 0 Å². The van der Waals surface area contributed by atoms with E-state index in [0.29, 0.717) is 0 Å². The van der Waals surface area contributed by atoms with E-state index in [2.05, 4.69) is 27.7 Å². The lowest BCUT2D eigenvalue weighted by Crippen LogP contribution is -2.52. The maximum Gasteiger partial charge on any atom is -0.0287 e. The highest BCUT2D eigenvalue weighted by molar-refractivity contribution is 5.06. The first-order chi connectivity index (χ1) is 8.47. The summed E-state index contributed by atoms with van der Waals surface area (Å²) in [6.45, 7) is 9.39. The Balaban J connectivity index is 0.000000133. The Kier molecular flexibility index (Phi) is 4.38. The first-order valence-electron chi connectivity index (χ1n) is 8.47. The average molecular weight is 264 g/mol. The molecular formula is C19H36. The second-order valence-electron chi connectivity index (χ2n) is 8.86. The smallest absolute Gasteiger partial charge is 0.0287 e. The summed E-state index contributed by atoms with van der Waals surface area (Å²) in [5.74, 6) is 6.58.